The number of halogens is 2. The molecule has 0 bridgehead atoms. The van der Waals surface area contributed by atoms with Crippen LogP contribution < -0.4 is 0 Å². The molecular formula is C28H43F2N5. The van der Waals surface area contributed by atoms with Gasteiger partial charge in [-0.1, -0.05) is 30.3 Å². The Bertz CT molecular complexity index is 824. The summed E-state index contributed by atoms with van der Waals surface area (Å²) in [6.07, 6.45) is 2.93. The van der Waals surface area contributed by atoms with Crippen molar-refractivity contribution in [2.75, 3.05) is 60.4 Å². The van der Waals surface area contributed by atoms with E-state index in [4.69, 9.17) is 0 Å². The second kappa shape index (κ2) is 14.0. The molecule has 1 aromatic heterocycles. The normalized spacial score (nSPS) is 20.1. The quantitative estimate of drug-likeness (QED) is 0.594. The summed E-state index contributed by atoms with van der Waals surface area (Å²) >= 11 is 0. The third-order valence-electron chi connectivity index (χ3n) is 6.80. The SMILES string of the molecule is CN1CCCC(F)(F)CCCN(C)CCN(Cc2ccc(CN(C)Cc3ccccn3)cc2)CC1. The topological polar surface area (TPSA) is 25.9 Å². The van der Waals surface area contributed by atoms with Crippen LogP contribution in [0.5, 0.6) is 0 Å². The fraction of sp³-hybridized carbons (Fsp3) is 0.607. The van der Waals surface area contributed by atoms with Crippen molar-refractivity contribution in [1.29, 1.82) is 0 Å². The lowest BCUT2D eigenvalue weighted by atomic mass is 10.1. The minimum absolute atomic E-state index is 0.00579. The van der Waals surface area contributed by atoms with Crippen molar-refractivity contribution < 1.29 is 8.78 Å². The molecule has 0 spiro atoms. The first-order valence-electron chi connectivity index (χ1n) is 12.9. The Morgan fingerprint density at radius 2 is 1.40 bits per heavy atom. The van der Waals surface area contributed by atoms with Gasteiger partial charge in [0.1, 0.15) is 0 Å². The summed E-state index contributed by atoms with van der Waals surface area (Å²) in [5.74, 6) is -2.53. The molecule has 0 N–H and O–H groups in total. The van der Waals surface area contributed by atoms with Gasteiger partial charge in [0.2, 0.25) is 5.92 Å². The summed E-state index contributed by atoms with van der Waals surface area (Å²) in [4.78, 5) is 13.6. The monoisotopic (exact) mass is 487 g/mol. The van der Waals surface area contributed by atoms with E-state index < -0.39 is 5.92 Å². The highest BCUT2D eigenvalue weighted by Crippen LogP contribution is 2.26. The van der Waals surface area contributed by atoms with Crippen molar-refractivity contribution in [3.8, 4) is 0 Å². The van der Waals surface area contributed by atoms with Gasteiger partial charge in [-0.25, -0.2) is 8.78 Å². The zero-order valence-corrected chi connectivity index (χ0v) is 21.8. The van der Waals surface area contributed by atoms with Crippen LogP contribution in [0.1, 0.15) is 42.5 Å². The van der Waals surface area contributed by atoms with Crippen molar-refractivity contribution in [3.05, 3.63) is 65.5 Å². The molecule has 2 aromatic rings. The number of benzene rings is 1. The van der Waals surface area contributed by atoms with E-state index in [0.717, 1.165) is 64.6 Å². The first-order valence-corrected chi connectivity index (χ1v) is 12.9. The van der Waals surface area contributed by atoms with Crippen LogP contribution in [-0.4, -0.2) is 90.9 Å². The largest absolute Gasteiger partial charge is 0.305 e. The summed E-state index contributed by atoms with van der Waals surface area (Å²) < 4.78 is 28.2. The standard InChI is InChI=1S/C28H43F2N5/c1-32-16-6-13-28(29,30)14-7-17-33(2)19-21-35(20-18-32)23-26-11-9-25(10-12-26)22-34(3)24-27-8-4-5-15-31-27/h4-5,8-12,15H,6-7,13-14,16-24H2,1-3H3. The van der Waals surface area contributed by atoms with Gasteiger partial charge in [-0.2, -0.15) is 0 Å². The molecule has 194 valence electrons. The van der Waals surface area contributed by atoms with Gasteiger partial charge in [-0.05, 0) is 70.3 Å². The molecule has 0 saturated carbocycles. The number of likely N-dealkylation sites (N-methyl/N-ethyl adjacent to an activating group) is 2. The van der Waals surface area contributed by atoms with Gasteiger partial charge in [0, 0.05) is 64.9 Å². The lowest BCUT2D eigenvalue weighted by Crippen LogP contribution is -2.38. The lowest BCUT2D eigenvalue weighted by molar-refractivity contribution is -0.0232. The number of hydrogen-bond donors (Lipinski definition) is 0. The van der Waals surface area contributed by atoms with Crippen molar-refractivity contribution in [1.82, 2.24) is 24.6 Å². The predicted molar refractivity (Wildman–Crippen MR) is 140 cm³/mol. The van der Waals surface area contributed by atoms with Gasteiger partial charge in [-0.15, -0.1) is 0 Å². The summed E-state index contributed by atoms with van der Waals surface area (Å²) in [5, 5.41) is 0. The molecule has 7 heteroatoms. The van der Waals surface area contributed by atoms with E-state index in [9.17, 15) is 8.78 Å². The lowest BCUT2D eigenvalue weighted by Gasteiger charge is -2.29. The Morgan fingerprint density at radius 1 is 0.800 bits per heavy atom. The van der Waals surface area contributed by atoms with Crippen molar-refractivity contribution in [3.63, 3.8) is 0 Å². The molecule has 0 radical (unpaired) electrons. The third kappa shape index (κ3) is 10.7. The van der Waals surface area contributed by atoms with Crippen LogP contribution in [0.4, 0.5) is 8.78 Å². The molecule has 3 rings (SSSR count). The minimum Gasteiger partial charge on any atom is -0.305 e. The first-order chi connectivity index (χ1) is 16.8. The van der Waals surface area contributed by atoms with E-state index >= 15 is 0 Å². The highest BCUT2D eigenvalue weighted by atomic mass is 19.3. The van der Waals surface area contributed by atoms with Crippen molar-refractivity contribution in [2.45, 2.75) is 51.2 Å². The maximum Gasteiger partial charge on any atom is 0.248 e. The van der Waals surface area contributed by atoms with Crippen LogP contribution in [-0.2, 0) is 19.6 Å². The van der Waals surface area contributed by atoms with Gasteiger partial charge in [0.25, 0.3) is 0 Å². The molecule has 2 heterocycles. The average Bonchev–Trinajstić information content (AvgIpc) is 2.82. The molecular weight excluding hydrogens is 444 g/mol. The molecule has 0 amide bonds. The summed E-state index contributed by atoms with van der Waals surface area (Å²) in [5.41, 5.74) is 3.69. The fourth-order valence-electron chi connectivity index (χ4n) is 4.60. The molecule has 0 atom stereocenters. The van der Waals surface area contributed by atoms with Crippen LogP contribution in [0.15, 0.2) is 48.7 Å². The average molecular weight is 488 g/mol. The molecule has 35 heavy (non-hydrogen) atoms. The number of alkyl halides is 2. The Labute approximate surface area is 210 Å². The molecule has 5 nitrogen and oxygen atoms in total. The van der Waals surface area contributed by atoms with Crippen LogP contribution >= 0.6 is 0 Å². The zero-order chi connectivity index (χ0) is 25.1. The van der Waals surface area contributed by atoms with E-state index in [1.54, 1.807) is 0 Å². The number of nitrogens with zero attached hydrogens (tertiary/aromatic N) is 5. The summed E-state index contributed by atoms with van der Waals surface area (Å²) in [6.45, 7) is 7.74. The summed E-state index contributed by atoms with van der Waals surface area (Å²) in [7, 11) is 6.21. The Morgan fingerprint density at radius 3 is 1.97 bits per heavy atom. The highest BCUT2D eigenvalue weighted by Gasteiger charge is 2.28. The second-order valence-corrected chi connectivity index (χ2v) is 10.3. The van der Waals surface area contributed by atoms with E-state index in [1.165, 1.54) is 11.1 Å². The van der Waals surface area contributed by atoms with Gasteiger partial charge in [-0.3, -0.25) is 14.8 Å². The molecule has 1 saturated heterocycles. The number of aromatic nitrogens is 1. The number of hydrogen-bond acceptors (Lipinski definition) is 5. The zero-order valence-electron chi connectivity index (χ0n) is 21.8. The smallest absolute Gasteiger partial charge is 0.248 e. The molecule has 0 aliphatic carbocycles. The van der Waals surface area contributed by atoms with Crippen LogP contribution in [0.2, 0.25) is 0 Å². The van der Waals surface area contributed by atoms with E-state index in [1.807, 2.05) is 32.4 Å². The van der Waals surface area contributed by atoms with Gasteiger partial charge in [0.05, 0.1) is 5.69 Å². The van der Waals surface area contributed by atoms with Gasteiger partial charge < -0.3 is 9.80 Å². The molecule has 1 aliphatic heterocycles. The molecule has 0 unspecified atom stereocenters. The van der Waals surface area contributed by atoms with Crippen molar-refractivity contribution >= 4 is 0 Å². The minimum atomic E-state index is -2.53. The summed E-state index contributed by atoms with van der Waals surface area (Å²) in [6, 6.07) is 15.0. The van der Waals surface area contributed by atoms with Crippen LogP contribution in [0.25, 0.3) is 0 Å². The van der Waals surface area contributed by atoms with Crippen molar-refractivity contribution in [2.24, 2.45) is 0 Å². The van der Waals surface area contributed by atoms with Gasteiger partial charge in [0.15, 0.2) is 0 Å². The Hall–Kier alpha value is -1.93. The highest BCUT2D eigenvalue weighted by molar-refractivity contribution is 5.22. The molecule has 1 aromatic carbocycles. The predicted octanol–water partition coefficient (Wildman–Crippen LogP) is 4.59. The number of rotatable bonds is 6. The second-order valence-electron chi connectivity index (χ2n) is 10.3. The third-order valence-corrected chi connectivity index (χ3v) is 6.80. The molecule has 1 fully saturated rings. The maximum absolute atomic E-state index is 14.1. The Kier molecular flexibility index (Phi) is 11.0. The Balaban J connectivity index is 1.53. The first kappa shape index (κ1) is 27.7. The number of pyridine rings is 1. The van der Waals surface area contributed by atoms with E-state index in [0.29, 0.717) is 12.8 Å². The van der Waals surface area contributed by atoms with Crippen LogP contribution in [0, 0.1) is 0 Å². The maximum atomic E-state index is 14.1. The van der Waals surface area contributed by atoms with Gasteiger partial charge >= 0.3 is 0 Å². The fourth-order valence-corrected chi connectivity index (χ4v) is 4.60. The van der Waals surface area contributed by atoms with E-state index in [2.05, 4.69) is 62.0 Å². The van der Waals surface area contributed by atoms with Crippen LogP contribution in [0.3, 0.4) is 0 Å². The molecule has 1 aliphatic rings. The van der Waals surface area contributed by atoms with E-state index in [-0.39, 0.29) is 12.8 Å².